The van der Waals surface area contributed by atoms with Gasteiger partial charge in [0.15, 0.2) is 0 Å². The fraction of sp³-hybridized carbons (Fsp3) is 0.364. The van der Waals surface area contributed by atoms with Crippen molar-refractivity contribution in [2.24, 2.45) is 0 Å². The Bertz CT molecular complexity index is 309. The molecule has 0 N–H and O–H groups in total. The molecular formula is C11H14N2S. The molecule has 0 aromatic heterocycles. The normalized spacial score (nSPS) is 10.1. The highest BCUT2D eigenvalue weighted by atomic mass is 32.2. The molecule has 0 heterocycles. The van der Waals surface area contributed by atoms with Crippen LogP contribution < -0.4 is 0 Å². The van der Waals surface area contributed by atoms with Crippen molar-refractivity contribution in [3.05, 3.63) is 29.8 Å². The minimum Gasteiger partial charge on any atom is -0.247 e. The van der Waals surface area contributed by atoms with Gasteiger partial charge in [0, 0.05) is 18.0 Å². The standard InChI is InChI=1S/C11H14N2S/c1-3-13(4-2)14-11-7-5-10(9-12)6-8-11/h5-8H,3-4H2,1-2H3. The maximum absolute atomic E-state index is 8.64. The summed E-state index contributed by atoms with van der Waals surface area (Å²) in [6, 6.07) is 9.79. The molecule has 2 nitrogen and oxygen atoms in total. The van der Waals surface area contributed by atoms with Gasteiger partial charge in [0.1, 0.15) is 0 Å². The Balaban J connectivity index is 2.64. The summed E-state index contributed by atoms with van der Waals surface area (Å²) in [7, 11) is 0. The second-order valence-corrected chi connectivity index (χ2v) is 4.01. The second-order valence-electron chi connectivity index (χ2n) is 2.84. The quantitative estimate of drug-likeness (QED) is 0.709. The minimum atomic E-state index is 0.717. The summed E-state index contributed by atoms with van der Waals surface area (Å²) in [5.74, 6) is 0. The first-order chi connectivity index (χ1) is 6.80. The van der Waals surface area contributed by atoms with Crippen molar-refractivity contribution in [1.29, 1.82) is 5.26 Å². The van der Waals surface area contributed by atoms with E-state index < -0.39 is 0 Å². The lowest BCUT2D eigenvalue weighted by molar-refractivity contribution is 0.525. The third-order valence-corrected chi connectivity index (χ3v) is 3.18. The zero-order chi connectivity index (χ0) is 10.4. The van der Waals surface area contributed by atoms with Crippen LogP contribution in [0.5, 0.6) is 0 Å². The van der Waals surface area contributed by atoms with E-state index in [2.05, 4.69) is 24.2 Å². The van der Waals surface area contributed by atoms with E-state index in [1.54, 1.807) is 11.9 Å². The van der Waals surface area contributed by atoms with Gasteiger partial charge in [-0.3, -0.25) is 0 Å². The zero-order valence-electron chi connectivity index (χ0n) is 8.53. The van der Waals surface area contributed by atoms with Crippen LogP contribution in [-0.2, 0) is 0 Å². The molecule has 0 fully saturated rings. The Morgan fingerprint density at radius 3 is 2.21 bits per heavy atom. The predicted molar refractivity (Wildman–Crippen MR) is 59.9 cm³/mol. The molecule has 0 spiro atoms. The van der Waals surface area contributed by atoms with E-state index >= 15 is 0 Å². The van der Waals surface area contributed by atoms with Gasteiger partial charge in [0.2, 0.25) is 0 Å². The van der Waals surface area contributed by atoms with Gasteiger partial charge in [-0.2, -0.15) is 5.26 Å². The van der Waals surface area contributed by atoms with Crippen LogP contribution in [-0.4, -0.2) is 17.4 Å². The van der Waals surface area contributed by atoms with E-state index in [1.807, 2.05) is 24.3 Å². The van der Waals surface area contributed by atoms with Gasteiger partial charge >= 0.3 is 0 Å². The van der Waals surface area contributed by atoms with Gasteiger partial charge in [-0.15, -0.1) is 0 Å². The van der Waals surface area contributed by atoms with Gasteiger partial charge < -0.3 is 0 Å². The molecule has 0 atom stereocenters. The van der Waals surface area contributed by atoms with E-state index in [0.29, 0.717) is 5.56 Å². The van der Waals surface area contributed by atoms with Crippen LogP contribution in [0.25, 0.3) is 0 Å². The van der Waals surface area contributed by atoms with Gasteiger partial charge in [0.05, 0.1) is 11.6 Å². The first-order valence-electron chi connectivity index (χ1n) is 4.73. The van der Waals surface area contributed by atoms with Crippen LogP contribution in [0, 0.1) is 11.3 Å². The average molecular weight is 206 g/mol. The van der Waals surface area contributed by atoms with Crippen molar-refractivity contribution in [3.8, 4) is 6.07 Å². The molecule has 0 aliphatic rings. The van der Waals surface area contributed by atoms with Crippen LogP contribution in [0.4, 0.5) is 0 Å². The predicted octanol–water partition coefficient (Wildman–Crippen LogP) is 2.91. The van der Waals surface area contributed by atoms with E-state index in [0.717, 1.165) is 13.1 Å². The lowest BCUT2D eigenvalue weighted by Gasteiger charge is -2.16. The Hall–Kier alpha value is -0.980. The Morgan fingerprint density at radius 2 is 1.79 bits per heavy atom. The number of hydrogen-bond acceptors (Lipinski definition) is 3. The van der Waals surface area contributed by atoms with Crippen molar-refractivity contribution in [1.82, 2.24) is 4.31 Å². The Kier molecular flexibility index (Phi) is 4.51. The molecule has 74 valence electrons. The number of benzene rings is 1. The highest BCUT2D eigenvalue weighted by molar-refractivity contribution is 7.97. The van der Waals surface area contributed by atoms with Crippen LogP contribution in [0.1, 0.15) is 19.4 Å². The van der Waals surface area contributed by atoms with Crippen LogP contribution >= 0.6 is 11.9 Å². The maximum atomic E-state index is 8.64. The summed E-state index contributed by atoms with van der Waals surface area (Å²) < 4.78 is 2.27. The van der Waals surface area contributed by atoms with E-state index in [1.165, 1.54) is 4.90 Å². The number of nitriles is 1. The number of hydrogen-bond donors (Lipinski definition) is 0. The Labute approximate surface area is 89.7 Å². The summed E-state index contributed by atoms with van der Waals surface area (Å²) in [6.45, 7) is 6.34. The molecular weight excluding hydrogens is 192 g/mol. The molecule has 0 aliphatic carbocycles. The second kappa shape index (κ2) is 5.69. The van der Waals surface area contributed by atoms with Crippen molar-refractivity contribution in [2.75, 3.05) is 13.1 Å². The third kappa shape index (κ3) is 3.06. The number of nitrogens with zero attached hydrogens (tertiary/aromatic N) is 2. The fourth-order valence-electron chi connectivity index (χ4n) is 1.09. The van der Waals surface area contributed by atoms with Crippen molar-refractivity contribution in [2.45, 2.75) is 18.7 Å². The zero-order valence-corrected chi connectivity index (χ0v) is 9.34. The van der Waals surface area contributed by atoms with E-state index in [4.69, 9.17) is 5.26 Å². The summed E-state index contributed by atoms with van der Waals surface area (Å²) in [6.07, 6.45) is 0. The van der Waals surface area contributed by atoms with Gasteiger partial charge in [-0.1, -0.05) is 13.8 Å². The highest BCUT2D eigenvalue weighted by Gasteiger charge is 2.01. The summed E-state index contributed by atoms with van der Waals surface area (Å²) >= 11 is 1.73. The average Bonchev–Trinajstić information content (AvgIpc) is 2.26. The first-order valence-corrected chi connectivity index (χ1v) is 5.50. The molecule has 0 aliphatic heterocycles. The van der Waals surface area contributed by atoms with Crippen molar-refractivity contribution < 1.29 is 0 Å². The van der Waals surface area contributed by atoms with Crippen LogP contribution in [0.3, 0.4) is 0 Å². The molecule has 14 heavy (non-hydrogen) atoms. The molecule has 1 aromatic rings. The lowest BCUT2D eigenvalue weighted by Crippen LogP contribution is -2.13. The van der Waals surface area contributed by atoms with Crippen LogP contribution in [0.2, 0.25) is 0 Å². The largest absolute Gasteiger partial charge is 0.247 e. The maximum Gasteiger partial charge on any atom is 0.0991 e. The molecule has 0 unspecified atom stereocenters. The molecule has 1 aromatic carbocycles. The topological polar surface area (TPSA) is 27.0 Å². The highest BCUT2D eigenvalue weighted by Crippen LogP contribution is 2.21. The van der Waals surface area contributed by atoms with Crippen molar-refractivity contribution in [3.63, 3.8) is 0 Å². The smallest absolute Gasteiger partial charge is 0.0991 e. The monoisotopic (exact) mass is 206 g/mol. The van der Waals surface area contributed by atoms with Crippen molar-refractivity contribution >= 4 is 11.9 Å². The lowest BCUT2D eigenvalue weighted by atomic mass is 10.2. The molecule has 0 radical (unpaired) electrons. The van der Waals surface area contributed by atoms with E-state index in [9.17, 15) is 0 Å². The summed E-state index contributed by atoms with van der Waals surface area (Å²) in [4.78, 5) is 1.19. The number of rotatable bonds is 4. The van der Waals surface area contributed by atoms with Gasteiger partial charge in [0.25, 0.3) is 0 Å². The minimum absolute atomic E-state index is 0.717. The molecule has 3 heteroatoms. The van der Waals surface area contributed by atoms with E-state index in [-0.39, 0.29) is 0 Å². The molecule has 0 saturated heterocycles. The first kappa shape index (κ1) is 11.1. The molecule has 0 saturated carbocycles. The van der Waals surface area contributed by atoms with Crippen LogP contribution in [0.15, 0.2) is 29.2 Å². The molecule has 0 bridgehead atoms. The third-order valence-electron chi connectivity index (χ3n) is 1.92. The summed E-state index contributed by atoms with van der Waals surface area (Å²) in [5, 5.41) is 8.64. The van der Waals surface area contributed by atoms with Gasteiger partial charge in [-0.05, 0) is 36.2 Å². The Morgan fingerprint density at radius 1 is 1.21 bits per heavy atom. The fourth-order valence-corrected chi connectivity index (χ4v) is 1.91. The van der Waals surface area contributed by atoms with Gasteiger partial charge in [-0.25, -0.2) is 4.31 Å². The molecule has 0 amide bonds. The summed E-state index contributed by atoms with van der Waals surface area (Å²) in [5.41, 5.74) is 0.717. The SMILES string of the molecule is CCN(CC)Sc1ccc(C#N)cc1. The molecule has 1 rings (SSSR count).